The molecule has 0 unspecified atom stereocenters. The number of rotatable bonds is 2. The van der Waals surface area contributed by atoms with E-state index >= 15 is 0 Å². The first-order valence-electron chi connectivity index (χ1n) is 4.19. The molecule has 1 saturated carbocycles. The molecule has 1 aliphatic carbocycles. The van der Waals surface area contributed by atoms with Crippen LogP contribution in [-0.4, -0.2) is 10.00 Å². The molecule has 0 aliphatic heterocycles. The van der Waals surface area contributed by atoms with Crippen LogP contribution >= 0.6 is 23.2 Å². The first-order chi connectivity index (χ1) is 6.12. The van der Waals surface area contributed by atoms with Gasteiger partial charge in [0.05, 0.1) is 10.8 Å². The Morgan fingerprint density at radius 1 is 0.786 bits per heavy atom. The summed E-state index contributed by atoms with van der Waals surface area (Å²) in [6.07, 6.45) is 0. The van der Waals surface area contributed by atoms with E-state index in [1.807, 2.05) is 0 Å². The molecular formula is C8H12Cl2N2O2. The third-order valence-corrected chi connectivity index (χ3v) is 5.59. The predicted octanol–water partition coefficient (Wildman–Crippen LogP) is 3.46. The molecule has 1 fully saturated rings. The molecule has 1 rings (SSSR count). The molecule has 0 spiro atoms. The first-order valence-corrected chi connectivity index (χ1v) is 4.95. The largest absolute Gasteiger partial charge is 0.192 e. The highest BCUT2D eigenvalue weighted by molar-refractivity contribution is 6.33. The molecule has 0 aromatic heterocycles. The maximum Gasteiger partial charge on any atom is 0.192 e. The molecule has 0 radical (unpaired) electrons. The van der Waals surface area contributed by atoms with Gasteiger partial charge in [-0.25, -0.2) is 0 Å². The van der Waals surface area contributed by atoms with Crippen molar-refractivity contribution in [2.24, 2.45) is 21.2 Å². The van der Waals surface area contributed by atoms with E-state index in [0.717, 1.165) is 0 Å². The molecule has 4 nitrogen and oxygen atoms in total. The zero-order valence-electron chi connectivity index (χ0n) is 8.47. The van der Waals surface area contributed by atoms with Crippen LogP contribution in [0.15, 0.2) is 10.4 Å². The Kier molecular flexibility index (Phi) is 2.26. The predicted molar refractivity (Wildman–Crippen MR) is 56.3 cm³/mol. The van der Waals surface area contributed by atoms with Crippen LogP contribution in [0.25, 0.3) is 0 Å². The lowest BCUT2D eigenvalue weighted by Crippen LogP contribution is -2.77. The fourth-order valence-corrected chi connectivity index (χ4v) is 3.04. The second kappa shape index (κ2) is 2.67. The van der Waals surface area contributed by atoms with Crippen molar-refractivity contribution in [1.29, 1.82) is 0 Å². The van der Waals surface area contributed by atoms with Gasteiger partial charge in [0.15, 0.2) is 10.00 Å². The highest BCUT2D eigenvalue weighted by Gasteiger charge is 2.83. The summed E-state index contributed by atoms with van der Waals surface area (Å²) in [6, 6.07) is 0. The quantitative estimate of drug-likeness (QED) is 0.421. The van der Waals surface area contributed by atoms with E-state index in [1.54, 1.807) is 27.7 Å². The van der Waals surface area contributed by atoms with Crippen LogP contribution in [0.4, 0.5) is 0 Å². The van der Waals surface area contributed by atoms with E-state index in [9.17, 15) is 9.81 Å². The summed E-state index contributed by atoms with van der Waals surface area (Å²) in [6.45, 7) is 6.45. The van der Waals surface area contributed by atoms with Gasteiger partial charge in [-0.3, -0.25) is 0 Å². The smallest absolute Gasteiger partial charge is 0.149 e. The topological polar surface area (TPSA) is 58.9 Å². The zero-order chi connectivity index (χ0) is 11.4. The van der Waals surface area contributed by atoms with Crippen molar-refractivity contribution in [2.75, 3.05) is 0 Å². The number of halogens is 2. The minimum absolute atomic E-state index is 0.962. The van der Waals surface area contributed by atoms with Gasteiger partial charge in [0.1, 0.15) is 0 Å². The Bertz CT molecular complexity index is 260. The number of alkyl halides is 2. The summed E-state index contributed by atoms with van der Waals surface area (Å²) in [7, 11) is 0. The Morgan fingerprint density at radius 2 is 1.00 bits per heavy atom. The molecular weight excluding hydrogens is 227 g/mol. The van der Waals surface area contributed by atoms with Crippen molar-refractivity contribution >= 4 is 23.2 Å². The van der Waals surface area contributed by atoms with E-state index in [4.69, 9.17) is 23.2 Å². The lowest BCUT2D eigenvalue weighted by molar-refractivity contribution is -0.106. The fourth-order valence-electron chi connectivity index (χ4n) is 2.40. The first kappa shape index (κ1) is 11.9. The van der Waals surface area contributed by atoms with Crippen molar-refractivity contribution in [3.05, 3.63) is 9.81 Å². The van der Waals surface area contributed by atoms with Gasteiger partial charge in [-0.15, -0.1) is 9.81 Å². The van der Waals surface area contributed by atoms with E-state index in [2.05, 4.69) is 10.4 Å². The molecule has 0 heterocycles. The Hall–Kier alpha value is -0.220. The maximum absolute atomic E-state index is 10.8. The highest BCUT2D eigenvalue weighted by atomic mass is 35.5. The van der Waals surface area contributed by atoms with Crippen LogP contribution in [0, 0.1) is 20.6 Å². The van der Waals surface area contributed by atoms with E-state index in [-0.39, 0.29) is 0 Å². The summed E-state index contributed by atoms with van der Waals surface area (Å²) >= 11 is 12.2. The molecule has 0 aromatic carbocycles. The molecule has 0 N–H and O–H groups in total. The van der Waals surface area contributed by atoms with Crippen LogP contribution in [0.5, 0.6) is 0 Å². The second-order valence-corrected chi connectivity index (χ2v) is 5.77. The maximum atomic E-state index is 10.8. The lowest BCUT2D eigenvalue weighted by Gasteiger charge is -2.66. The van der Waals surface area contributed by atoms with Gasteiger partial charge >= 0.3 is 0 Å². The Labute approximate surface area is 92.3 Å². The van der Waals surface area contributed by atoms with Crippen LogP contribution in [0.2, 0.25) is 0 Å². The van der Waals surface area contributed by atoms with E-state index in [1.165, 1.54) is 0 Å². The van der Waals surface area contributed by atoms with Gasteiger partial charge in [0.25, 0.3) is 0 Å². The number of nitroso groups, excluding NO2 is 2. The standard InChI is InChI=1S/C8H12Cl2N2O2/c1-5(2)7(9,11-13)6(3,4)8(5,10)12-14/h1-4H3. The third kappa shape index (κ3) is 0.784. The zero-order valence-corrected chi connectivity index (χ0v) is 9.98. The van der Waals surface area contributed by atoms with Gasteiger partial charge in [-0.2, -0.15) is 0 Å². The lowest BCUT2D eigenvalue weighted by atomic mass is 9.47. The molecule has 0 saturated heterocycles. The summed E-state index contributed by atoms with van der Waals surface area (Å²) in [5.41, 5.74) is -1.92. The summed E-state index contributed by atoms with van der Waals surface area (Å²) in [4.78, 5) is 18.7. The number of hydrogen-bond donors (Lipinski definition) is 0. The van der Waals surface area contributed by atoms with Gasteiger partial charge < -0.3 is 0 Å². The van der Waals surface area contributed by atoms with Crippen molar-refractivity contribution < 1.29 is 0 Å². The Morgan fingerprint density at radius 3 is 1.14 bits per heavy atom. The molecule has 6 heteroatoms. The normalized spacial score (nSPS) is 43.9. The van der Waals surface area contributed by atoms with E-state index < -0.39 is 20.8 Å². The van der Waals surface area contributed by atoms with Gasteiger partial charge in [-0.05, 0) is 10.4 Å². The minimum Gasteiger partial charge on any atom is -0.149 e. The second-order valence-electron chi connectivity index (χ2n) is 4.68. The highest BCUT2D eigenvalue weighted by Crippen LogP contribution is 2.75. The van der Waals surface area contributed by atoms with Crippen molar-refractivity contribution in [1.82, 2.24) is 0 Å². The van der Waals surface area contributed by atoms with Crippen LogP contribution in [0.3, 0.4) is 0 Å². The van der Waals surface area contributed by atoms with Gasteiger partial charge in [-0.1, -0.05) is 50.9 Å². The molecule has 0 bridgehead atoms. The van der Waals surface area contributed by atoms with E-state index in [0.29, 0.717) is 0 Å². The number of nitrogens with zero attached hydrogens (tertiary/aromatic N) is 2. The molecule has 0 aromatic rings. The van der Waals surface area contributed by atoms with Crippen LogP contribution < -0.4 is 0 Å². The Balaban J connectivity index is 3.34. The average molecular weight is 239 g/mol. The molecule has 14 heavy (non-hydrogen) atoms. The summed E-state index contributed by atoms with van der Waals surface area (Å²) in [5, 5.41) is 5.81. The van der Waals surface area contributed by atoms with Crippen LogP contribution in [0.1, 0.15) is 27.7 Å². The molecule has 80 valence electrons. The summed E-state index contributed by atoms with van der Waals surface area (Å²) < 4.78 is 0. The molecule has 0 atom stereocenters. The average Bonchev–Trinajstić information content (AvgIpc) is 2.13. The summed E-state index contributed by atoms with van der Waals surface area (Å²) in [5.74, 6) is 0. The number of hydrogen-bond acceptors (Lipinski definition) is 4. The third-order valence-electron chi connectivity index (χ3n) is 3.56. The van der Waals surface area contributed by atoms with Gasteiger partial charge in [0.2, 0.25) is 0 Å². The van der Waals surface area contributed by atoms with Crippen molar-refractivity contribution in [3.63, 3.8) is 0 Å². The van der Waals surface area contributed by atoms with Crippen LogP contribution in [-0.2, 0) is 0 Å². The molecule has 0 amide bonds. The van der Waals surface area contributed by atoms with Crippen molar-refractivity contribution in [3.8, 4) is 0 Å². The SMILES string of the molecule is CC1(C)C(Cl)(N=O)C(C)(C)C1(Cl)N=O. The van der Waals surface area contributed by atoms with Gasteiger partial charge in [0, 0.05) is 0 Å². The molecule has 1 aliphatic rings. The monoisotopic (exact) mass is 238 g/mol. The minimum atomic E-state index is -1.39. The fraction of sp³-hybridized carbons (Fsp3) is 1.00. The van der Waals surface area contributed by atoms with Crippen molar-refractivity contribution in [2.45, 2.75) is 37.7 Å².